The van der Waals surface area contributed by atoms with E-state index in [9.17, 15) is 13.2 Å². The molecule has 0 spiro atoms. The number of rotatable bonds is 4. The van der Waals surface area contributed by atoms with Crippen molar-refractivity contribution in [2.75, 3.05) is 25.1 Å². The number of benzene rings is 1. The molecular weight excluding hydrogens is 339 g/mol. The number of hydrogen-bond acceptors (Lipinski definition) is 3. The first kappa shape index (κ1) is 15.4. The number of ether oxygens (including phenoxy) is 2. The first-order valence-electron chi connectivity index (χ1n) is 6.31. The Morgan fingerprint density at radius 1 is 1.40 bits per heavy atom. The SMILES string of the molecule is FC(F)(F)Oc1ccc(NCC2CCCOC2)cc1Br. The lowest BCUT2D eigenvalue weighted by atomic mass is 10.0. The molecule has 0 radical (unpaired) electrons. The molecule has 1 aliphatic heterocycles. The molecule has 3 nitrogen and oxygen atoms in total. The largest absolute Gasteiger partial charge is 0.573 e. The van der Waals surface area contributed by atoms with Gasteiger partial charge in [-0.1, -0.05) is 0 Å². The van der Waals surface area contributed by atoms with E-state index in [-0.39, 0.29) is 10.2 Å². The zero-order valence-corrected chi connectivity index (χ0v) is 12.3. The van der Waals surface area contributed by atoms with Gasteiger partial charge in [0.15, 0.2) is 0 Å². The molecule has 0 amide bonds. The number of halogens is 4. The Kier molecular flexibility index (Phi) is 5.15. The highest BCUT2D eigenvalue weighted by Crippen LogP contribution is 2.32. The summed E-state index contributed by atoms with van der Waals surface area (Å²) in [6.07, 6.45) is -2.53. The van der Waals surface area contributed by atoms with E-state index in [0.717, 1.165) is 38.3 Å². The van der Waals surface area contributed by atoms with Gasteiger partial charge in [-0.15, -0.1) is 13.2 Å². The molecule has 112 valence electrons. The van der Waals surface area contributed by atoms with Crippen LogP contribution in [0.25, 0.3) is 0 Å². The van der Waals surface area contributed by atoms with E-state index in [1.807, 2.05) is 0 Å². The Balaban J connectivity index is 1.91. The molecule has 0 bridgehead atoms. The lowest BCUT2D eigenvalue weighted by Gasteiger charge is -2.22. The molecule has 20 heavy (non-hydrogen) atoms. The van der Waals surface area contributed by atoms with Gasteiger partial charge in [-0.05, 0) is 52.9 Å². The van der Waals surface area contributed by atoms with E-state index in [2.05, 4.69) is 26.0 Å². The maximum absolute atomic E-state index is 12.1. The van der Waals surface area contributed by atoms with E-state index < -0.39 is 6.36 Å². The van der Waals surface area contributed by atoms with Crippen LogP contribution in [0.4, 0.5) is 18.9 Å². The van der Waals surface area contributed by atoms with Crippen LogP contribution in [-0.4, -0.2) is 26.1 Å². The average Bonchev–Trinajstić information content (AvgIpc) is 2.39. The van der Waals surface area contributed by atoms with E-state index in [0.29, 0.717) is 5.92 Å². The Morgan fingerprint density at radius 3 is 2.80 bits per heavy atom. The third-order valence-electron chi connectivity index (χ3n) is 3.01. The highest BCUT2D eigenvalue weighted by molar-refractivity contribution is 9.10. The lowest BCUT2D eigenvalue weighted by Crippen LogP contribution is -2.24. The summed E-state index contributed by atoms with van der Waals surface area (Å²) in [6, 6.07) is 4.43. The van der Waals surface area contributed by atoms with Gasteiger partial charge in [-0.2, -0.15) is 0 Å². The van der Waals surface area contributed by atoms with Crippen LogP contribution in [0.15, 0.2) is 22.7 Å². The topological polar surface area (TPSA) is 30.5 Å². The summed E-state index contributed by atoms with van der Waals surface area (Å²) in [5, 5.41) is 3.20. The van der Waals surface area contributed by atoms with E-state index >= 15 is 0 Å². The number of alkyl halides is 3. The summed E-state index contributed by atoms with van der Waals surface area (Å²) in [4.78, 5) is 0. The molecular formula is C13H15BrF3NO2. The van der Waals surface area contributed by atoms with Gasteiger partial charge in [-0.3, -0.25) is 0 Å². The second kappa shape index (κ2) is 6.67. The van der Waals surface area contributed by atoms with Crippen molar-refractivity contribution in [1.82, 2.24) is 0 Å². The minimum atomic E-state index is -4.68. The summed E-state index contributed by atoms with van der Waals surface area (Å²) in [7, 11) is 0. The molecule has 2 rings (SSSR count). The minimum absolute atomic E-state index is 0.246. The van der Waals surface area contributed by atoms with E-state index in [1.54, 1.807) is 12.1 Å². The fraction of sp³-hybridized carbons (Fsp3) is 0.538. The zero-order valence-electron chi connectivity index (χ0n) is 10.7. The molecule has 1 aromatic rings. The molecule has 1 fully saturated rings. The number of hydrogen-bond donors (Lipinski definition) is 1. The molecule has 0 aromatic heterocycles. The fourth-order valence-corrected chi connectivity index (χ4v) is 2.51. The van der Waals surface area contributed by atoms with Crippen LogP contribution < -0.4 is 10.1 Å². The third kappa shape index (κ3) is 4.86. The van der Waals surface area contributed by atoms with Crippen LogP contribution in [-0.2, 0) is 4.74 Å². The standard InChI is InChI=1S/C13H15BrF3NO2/c14-11-6-10(3-4-12(11)20-13(15,16)17)18-7-9-2-1-5-19-8-9/h3-4,6,9,18H,1-2,5,7-8H2. The first-order valence-corrected chi connectivity index (χ1v) is 7.10. The second-order valence-electron chi connectivity index (χ2n) is 4.66. The Bertz CT molecular complexity index is 448. The van der Waals surface area contributed by atoms with Crippen LogP contribution >= 0.6 is 15.9 Å². The van der Waals surface area contributed by atoms with Crippen molar-refractivity contribution < 1.29 is 22.6 Å². The maximum Gasteiger partial charge on any atom is 0.573 e. The van der Waals surface area contributed by atoms with Crippen molar-refractivity contribution >= 4 is 21.6 Å². The van der Waals surface area contributed by atoms with Crippen molar-refractivity contribution in [2.24, 2.45) is 5.92 Å². The summed E-state index contributed by atoms with van der Waals surface area (Å²) >= 11 is 3.08. The fourth-order valence-electron chi connectivity index (χ4n) is 2.05. The molecule has 1 N–H and O–H groups in total. The lowest BCUT2D eigenvalue weighted by molar-refractivity contribution is -0.274. The smallest absolute Gasteiger partial charge is 0.405 e. The zero-order chi connectivity index (χ0) is 14.6. The molecule has 1 heterocycles. The van der Waals surface area contributed by atoms with Crippen molar-refractivity contribution in [2.45, 2.75) is 19.2 Å². The van der Waals surface area contributed by atoms with Crippen molar-refractivity contribution in [1.29, 1.82) is 0 Å². The van der Waals surface area contributed by atoms with Crippen LogP contribution in [0, 0.1) is 5.92 Å². The molecule has 7 heteroatoms. The molecule has 0 aliphatic carbocycles. The van der Waals surface area contributed by atoms with Crippen molar-refractivity contribution in [3.63, 3.8) is 0 Å². The van der Waals surface area contributed by atoms with Gasteiger partial charge in [0.2, 0.25) is 0 Å². The Labute approximate surface area is 123 Å². The molecule has 1 unspecified atom stereocenters. The van der Waals surface area contributed by atoms with Gasteiger partial charge in [0.05, 0.1) is 11.1 Å². The normalized spacial score (nSPS) is 19.7. The Morgan fingerprint density at radius 2 is 2.20 bits per heavy atom. The molecule has 0 saturated carbocycles. The molecule has 1 atom stereocenters. The van der Waals surface area contributed by atoms with Gasteiger partial charge in [0.25, 0.3) is 0 Å². The maximum atomic E-state index is 12.1. The highest BCUT2D eigenvalue weighted by atomic mass is 79.9. The van der Waals surface area contributed by atoms with Gasteiger partial charge in [0.1, 0.15) is 5.75 Å². The summed E-state index contributed by atoms with van der Waals surface area (Å²) in [6.45, 7) is 2.28. The van der Waals surface area contributed by atoms with Gasteiger partial charge in [-0.25, -0.2) is 0 Å². The van der Waals surface area contributed by atoms with Crippen LogP contribution in [0.1, 0.15) is 12.8 Å². The average molecular weight is 354 g/mol. The van der Waals surface area contributed by atoms with Gasteiger partial charge < -0.3 is 14.8 Å². The monoisotopic (exact) mass is 353 g/mol. The quantitative estimate of drug-likeness (QED) is 0.880. The number of anilines is 1. The summed E-state index contributed by atoms with van der Waals surface area (Å²) in [5.74, 6) is 0.192. The van der Waals surface area contributed by atoms with Gasteiger partial charge >= 0.3 is 6.36 Å². The van der Waals surface area contributed by atoms with Crippen molar-refractivity contribution in [3.05, 3.63) is 22.7 Å². The second-order valence-corrected chi connectivity index (χ2v) is 5.51. The third-order valence-corrected chi connectivity index (χ3v) is 3.63. The van der Waals surface area contributed by atoms with E-state index in [4.69, 9.17) is 4.74 Å². The summed E-state index contributed by atoms with van der Waals surface area (Å²) < 4.78 is 45.9. The number of nitrogens with one attached hydrogen (secondary N) is 1. The van der Waals surface area contributed by atoms with Crippen LogP contribution in [0.5, 0.6) is 5.75 Å². The van der Waals surface area contributed by atoms with Crippen molar-refractivity contribution in [3.8, 4) is 5.75 Å². The predicted molar refractivity (Wildman–Crippen MR) is 72.9 cm³/mol. The minimum Gasteiger partial charge on any atom is -0.405 e. The van der Waals surface area contributed by atoms with Crippen LogP contribution in [0.2, 0.25) is 0 Å². The van der Waals surface area contributed by atoms with Crippen LogP contribution in [0.3, 0.4) is 0 Å². The van der Waals surface area contributed by atoms with E-state index in [1.165, 1.54) is 6.07 Å². The highest BCUT2D eigenvalue weighted by Gasteiger charge is 2.31. The Hall–Kier alpha value is -0.950. The predicted octanol–water partition coefficient (Wildman–Crippen LogP) is 4.19. The molecule has 1 aliphatic rings. The summed E-state index contributed by atoms with van der Waals surface area (Å²) in [5.41, 5.74) is 0.747. The van der Waals surface area contributed by atoms with Gasteiger partial charge in [0, 0.05) is 18.8 Å². The molecule has 1 saturated heterocycles. The molecule has 1 aromatic carbocycles. The first-order chi connectivity index (χ1) is 9.44.